The molecule has 0 radical (unpaired) electrons. The molecular formula is C15H20BrNO3. The zero-order chi connectivity index (χ0) is 15.1. The molecule has 1 N–H and O–H groups in total. The third-order valence-electron chi connectivity index (χ3n) is 2.83. The highest BCUT2D eigenvalue weighted by Crippen LogP contribution is 2.23. The average molecular weight is 342 g/mol. The SMILES string of the molecule is COC(=O)[C@H](CC(C)C)NC(=O)[C@@H](Br)c1ccccc1. The van der Waals surface area contributed by atoms with Crippen molar-refractivity contribution in [2.45, 2.75) is 31.1 Å². The minimum atomic E-state index is -0.615. The fourth-order valence-electron chi connectivity index (χ4n) is 1.85. The van der Waals surface area contributed by atoms with Gasteiger partial charge in [-0.2, -0.15) is 0 Å². The number of alkyl halides is 1. The smallest absolute Gasteiger partial charge is 0.328 e. The third kappa shape index (κ3) is 4.96. The lowest BCUT2D eigenvalue weighted by atomic mass is 10.0. The molecule has 0 bridgehead atoms. The summed E-state index contributed by atoms with van der Waals surface area (Å²) in [7, 11) is 1.32. The maximum Gasteiger partial charge on any atom is 0.328 e. The Morgan fingerprint density at radius 2 is 1.85 bits per heavy atom. The van der Waals surface area contributed by atoms with E-state index in [2.05, 4.69) is 21.2 Å². The first-order chi connectivity index (χ1) is 9.45. The summed E-state index contributed by atoms with van der Waals surface area (Å²) in [6, 6.07) is 8.71. The number of nitrogens with one attached hydrogen (secondary N) is 1. The molecule has 4 nitrogen and oxygen atoms in total. The number of carbonyl (C=O) groups is 2. The van der Waals surface area contributed by atoms with Gasteiger partial charge in [0.2, 0.25) is 5.91 Å². The van der Waals surface area contributed by atoms with Crippen LogP contribution in [0.1, 0.15) is 30.7 Å². The summed E-state index contributed by atoms with van der Waals surface area (Å²) in [5, 5.41) is 2.74. The lowest BCUT2D eigenvalue weighted by Crippen LogP contribution is -2.43. The van der Waals surface area contributed by atoms with E-state index >= 15 is 0 Å². The largest absolute Gasteiger partial charge is 0.467 e. The summed E-state index contributed by atoms with van der Waals surface area (Å²) in [4.78, 5) is 23.4. The van der Waals surface area contributed by atoms with E-state index in [0.717, 1.165) is 5.56 Å². The molecule has 0 fully saturated rings. The van der Waals surface area contributed by atoms with Gasteiger partial charge in [0.05, 0.1) is 7.11 Å². The highest BCUT2D eigenvalue weighted by molar-refractivity contribution is 9.09. The quantitative estimate of drug-likeness (QED) is 0.639. The van der Waals surface area contributed by atoms with Crippen LogP contribution in [0.3, 0.4) is 0 Å². The van der Waals surface area contributed by atoms with Gasteiger partial charge in [-0.25, -0.2) is 4.79 Å². The number of carbonyl (C=O) groups excluding carboxylic acids is 2. The van der Waals surface area contributed by atoms with Gasteiger partial charge in [0.15, 0.2) is 0 Å². The van der Waals surface area contributed by atoms with E-state index in [1.54, 1.807) is 0 Å². The molecule has 0 unspecified atom stereocenters. The maximum atomic E-state index is 12.2. The molecule has 0 heterocycles. The van der Waals surface area contributed by atoms with E-state index in [1.165, 1.54) is 7.11 Å². The zero-order valence-electron chi connectivity index (χ0n) is 11.9. The molecule has 2 atom stereocenters. The summed E-state index contributed by atoms with van der Waals surface area (Å²) >= 11 is 3.35. The first-order valence-electron chi connectivity index (χ1n) is 6.53. The van der Waals surface area contributed by atoms with E-state index in [-0.39, 0.29) is 11.8 Å². The predicted molar refractivity (Wildman–Crippen MR) is 81.5 cm³/mol. The second-order valence-electron chi connectivity index (χ2n) is 4.99. The number of ether oxygens (including phenoxy) is 1. The van der Waals surface area contributed by atoms with Crippen LogP contribution < -0.4 is 5.32 Å². The van der Waals surface area contributed by atoms with Crippen LogP contribution in [0, 0.1) is 5.92 Å². The molecule has 0 aliphatic heterocycles. The Kier molecular flexibility index (Phi) is 6.71. The van der Waals surface area contributed by atoms with Crippen LogP contribution in [0.2, 0.25) is 0 Å². The number of rotatable bonds is 6. The summed E-state index contributed by atoms with van der Waals surface area (Å²) in [5.74, 6) is -0.378. The molecule has 5 heteroatoms. The van der Waals surface area contributed by atoms with Crippen LogP contribution in [0.4, 0.5) is 0 Å². The van der Waals surface area contributed by atoms with E-state index < -0.39 is 16.8 Å². The Morgan fingerprint density at radius 3 is 2.35 bits per heavy atom. The van der Waals surface area contributed by atoms with Crippen molar-refractivity contribution in [2.75, 3.05) is 7.11 Å². The fourth-order valence-corrected chi connectivity index (χ4v) is 2.28. The molecule has 0 spiro atoms. The van der Waals surface area contributed by atoms with Crippen molar-refractivity contribution in [3.8, 4) is 0 Å². The number of hydrogen-bond acceptors (Lipinski definition) is 3. The highest BCUT2D eigenvalue weighted by atomic mass is 79.9. The van der Waals surface area contributed by atoms with Crippen molar-refractivity contribution in [3.63, 3.8) is 0 Å². The van der Waals surface area contributed by atoms with Gasteiger partial charge in [0, 0.05) is 0 Å². The van der Waals surface area contributed by atoms with Crippen molar-refractivity contribution < 1.29 is 14.3 Å². The van der Waals surface area contributed by atoms with Gasteiger partial charge in [0.1, 0.15) is 10.9 Å². The molecule has 0 aromatic heterocycles. The highest BCUT2D eigenvalue weighted by Gasteiger charge is 2.26. The van der Waals surface area contributed by atoms with Gasteiger partial charge >= 0.3 is 5.97 Å². The number of amides is 1. The summed E-state index contributed by atoms with van der Waals surface area (Å²) in [6.45, 7) is 3.98. The van der Waals surface area contributed by atoms with Gasteiger partial charge in [0.25, 0.3) is 0 Å². The summed E-state index contributed by atoms with van der Waals surface area (Å²) in [5.41, 5.74) is 0.846. The normalized spacial score (nSPS) is 13.7. The van der Waals surface area contributed by atoms with Crippen LogP contribution >= 0.6 is 15.9 Å². The van der Waals surface area contributed by atoms with Crippen molar-refractivity contribution >= 4 is 27.8 Å². The second-order valence-corrected chi connectivity index (χ2v) is 5.90. The molecule has 1 amide bonds. The van der Waals surface area contributed by atoms with Crippen LogP contribution in [0.5, 0.6) is 0 Å². The molecular weight excluding hydrogens is 322 g/mol. The Hall–Kier alpha value is -1.36. The Balaban J connectivity index is 2.72. The first kappa shape index (κ1) is 16.7. The van der Waals surface area contributed by atoms with Crippen LogP contribution in [-0.2, 0) is 14.3 Å². The fraction of sp³-hybridized carbons (Fsp3) is 0.467. The standard InChI is InChI=1S/C15H20BrNO3/c1-10(2)9-12(15(19)20-3)17-14(18)13(16)11-7-5-4-6-8-11/h4-8,10,12-13H,9H2,1-3H3,(H,17,18)/t12-,13-/m0/s1. The Bertz CT molecular complexity index is 448. The minimum Gasteiger partial charge on any atom is -0.467 e. The molecule has 1 rings (SSSR count). The van der Waals surface area contributed by atoms with Crippen molar-refractivity contribution in [1.82, 2.24) is 5.32 Å². The monoisotopic (exact) mass is 341 g/mol. The summed E-state index contributed by atoms with van der Waals surface area (Å²) in [6.07, 6.45) is 0.549. The molecule has 1 aromatic rings. The minimum absolute atomic E-state index is 0.243. The molecule has 20 heavy (non-hydrogen) atoms. The lowest BCUT2D eigenvalue weighted by molar-refractivity contribution is -0.145. The first-order valence-corrected chi connectivity index (χ1v) is 7.44. The average Bonchev–Trinajstić information content (AvgIpc) is 2.45. The van der Waals surface area contributed by atoms with Gasteiger partial charge in [-0.3, -0.25) is 4.79 Å². The topological polar surface area (TPSA) is 55.4 Å². The molecule has 0 saturated carbocycles. The molecule has 110 valence electrons. The van der Waals surface area contributed by atoms with Gasteiger partial charge in [-0.05, 0) is 17.9 Å². The molecule has 0 aliphatic rings. The third-order valence-corrected chi connectivity index (χ3v) is 3.78. The van der Waals surface area contributed by atoms with Gasteiger partial charge in [-0.15, -0.1) is 0 Å². The summed E-state index contributed by atoms with van der Waals surface area (Å²) < 4.78 is 4.73. The number of methoxy groups -OCH3 is 1. The molecule has 0 aliphatic carbocycles. The lowest BCUT2D eigenvalue weighted by Gasteiger charge is -2.20. The van der Waals surface area contributed by atoms with Crippen LogP contribution in [0.25, 0.3) is 0 Å². The van der Waals surface area contributed by atoms with Gasteiger partial charge < -0.3 is 10.1 Å². The molecule has 1 aromatic carbocycles. The second kappa shape index (κ2) is 8.04. The Labute approximate surface area is 128 Å². The number of benzene rings is 1. The number of halogens is 1. The zero-order valence-corrected chi connectivity index (χ0v) is 13.5. The number of esters is 1. The van der Waals surface area contributed by atoms with E-state index in [1.807, 2.05) is 44.2 Å². The van der Waals surface area contributed by atoms with Gasteiger partial charge in [-0.1, -0.05) is 60.1 Å². The number of hydrogen-bond donors (Lipinski definition) is 1. The predicted octanol–water partition coefficient (Wildman–Crippen LogP) is 2.83. The van der Waals surface area contributed by atoms with E-state index in [4.69, 9.17) is 4.74 Å². The van der Waals surface area contributed by atoms with Crippen LogP contribution in [0.15, 0.2) is 30.3 Å². The maximum absolute atomic E-state index is 12.2. The Morgan fingerprint density at radius 1 is 1.25 bits per heavy atom. The molecule has 0 saturated heterocycles. The van der Waals surface area contributed by atoms with E-state index in [0.29, 0.717) is 6.42 Å². The van der Waals surface area contributed by atoms with Crippen molar-refractivity contribution in [1.29, 1.82) is 0 Å². The van der Waals surface area contributed by atoms with Crippen molar-refractivity contribution in [2.24, 2.45) is 5.92 Å². The van der Waals surface area contributed by atoms with Crippen LogP contribution in [-0.4, -0.2) is 25.0 Å². The van der Waals surface area contributed by atoms with E-state index in [9.17, 15) is 9.59 Å². The van der Waals surface area contributed by atoms with Crippen molar-refractivity contribution in [3.05, 3.63) is 35.9 Å².